The van der Waals surface area contributed by atoms with Gasteiger partial charge in [0.15, 0.2) is 5.11 Å². The summed E-state index contributed by atoms with van der Waals surface area (Å²) in [5.41, 5.74) is 7.82. The molecule has 0 bridgehead atoms. The summed E-state index contributed by atoms with van der Waals surface area (Å²) in [6, 6.07) is -0.441. The van der Waals surface area contributed by atoms with Gasteiger partial charge in [0, 0.05) is 19.4 Å². The highest BCUT2D eigenvalue weighted by atomic mass is 32.1. The van der Waals surface area contributed by atoms with Crippen molar-refractivity contribution in [3.8, 4) is 0 Å². The van der Waals surface area contributed by atoms with Crippen molar-refractivity contribution in [2.24, 2.45) is 7.05 Å². The maximum Gasteiger partial charge on any atom is 0.262 e. The number of amides is 1. The second-order valence-corrected chi connectivity index (χ2v) is 5.45. The van der Waals surface area contributed by atoms with Gasteiger partial charge in [0.05, 0.1) is 17.6 Å². The van der Waals surface area contributed by atoms with Gasteiger partial charge in [-0.3, -0.25) is 25.0 Å². The van der Waals surface area contributed by atoms with E-state index in [-0.39, 0.29) is 11.0 Å². The molecule has 2 heterocycles. The lowest BCUT2D eigenvalue weighted by Crippen LogP contribution is -2.46. The molecule has 9 heteroatoms. The standard InChI is InChI=1S/C13H19N7OS/c1-8-5-14-20(6-8)10(3)12(21)16-17-13(22)15-11-7-19(4)18-9(11)2/h5-7,10H,1-4H3,(H,16,21)(H2,15,17,22)/t10-/m1/s1. The van der Waals surface area contributed by atoms with E-state index in [9.17, 15) is 4.79 Å². The van der Waals surface area contributed by atoms with Crippen molar-refractivity contribution in [3.05, 3.63) is 29.8 Å². The van der Waals surface area contributed by atoms with E-state index in [1.54, 1.807) is 34.9 Å². The van der Waals surface area contributed by atoms with Crippen molar-refractivity contribution in [3.63, 3.8) is 0 Å². The van der Waals surface area contributed by atoms with Crippen LogP contribution in [0, 0.1) is 13.8 Å². The average molecular weight is 321 g/mol. The number of aromatic nitrogens is 4. The largest absolute Gasteiger partial charge is 0.329 e. The van der Waals surface area contributed by atoms with Crippen LogP contribution in [0.1, 0.15) is 24.2 Å². The van der Waals surface area contributed by atoms with Crippen LogP contribution in [-0.4, -0.2) is 30.6 Å². The molecule has 2 rings (SSSR count). The molecule has 3 N–H and O–H groups in total. The number of hydrogen-bond acceptors (Lipinski definition) is 4. The molecule has 0 saturated carbocycles. The van der Waals surface area contributed by atoms with Crippen molar-refractivity contribution in [1.29, 1.82) is 0 Å². The van der Waals surface area contributed by atoms with Crippen LogP contribution in [0.3, 0.4) is 0 Å². The van der Waals surface area contributed by atoms with Gasteiger partial charge in [0.1, 0.15) is 6.04 Å². The molecule has 0 aliphatic heterocycles. The first kappa shape index (κ1) is 16.0. The van der Waals surface area contributed by atoms with Gasteiger partial charge in [-0.2, -0.15) is 10.2 Å². The number of thiocarbonyl (C=S) groups is 1. The second kappa shape index (κ2) is 6.56. The molecule has 0 fully saturated rings. The molecule has 1 amide bonds. The Morgan fingerprint density at radius 1 is 1.32 bits per heavy atom. The van der Waals surface area contributed by atoms with E-state index in [0.717, 1.165) is 16.9 Å². The Hall–Kier alpha value is -2.42. The number of aryl methyl sites for hydroxylation is 3. The number of nitrogens with zero attached hydrogens (tertiary/aromatic N) is 4. The van der Waals surface area contributed by atoms with Crippen LogP contribution in [0.4, 0.5) is 5.69 Å². The van der Waals surface area contributed by atoms with Crippen LogP contribution in [0.25, 0.3) is 0 Å². The quantitative estimate of drug-likeness (QED) is 0.573. The Balaban J connectivity index is 1.85. The third kappa shape index (κ3) is 3.82. The van der Waals surface area contributed by atoms with Crippen LogP contribution in [-0.2, 0) is 11.8 Å². The number of hydrogen-bond donors (Lipinski definition) is 3. The summed E-state index contributed by atoms with van der Waals surface area (Å²) in [6.45, 7) is 5.54. The average Bonchev–Trinajstić information content (AvgIpc) is 3.01. The summed E-state index contributed by atoms with van der Waals surface area (Å²) < 4.78 is 3.27. The van der Waals surface area contributed by atoms with Gasteiger partial charge >= 0.3 is 0 Å². The zero-order chi connectivity index (χ0) is 16.3. The molecule has 118 valence electrons. The van der Waals surface area contributed by atoms with Crippen molar-refractivity contribution >= 4 is 28.9 Å². The first-order valence-corrected chi connectivity index (χ1v) is 7.15. The van der Waals surface area contributed by atoms with Crippen LogP contribution in [0.5, 0.6) is 0 Å². The Kier molecular flexibility index (Phi) is 4.76. The first-order chi connectivity index (χ1) is 10.4. The highest BCUT2D eigenvalue weighted by molar-refractivity contribution is 7.80. The predicted octanol–water partition coefficient (Wildman–Crippen LogP) is 0.812. The summed E-state index contributed by atoms with van der Waals surface area (Å²) in [7, 11) is 1.82. The lowest BCUT2D eigenvalue weighted by atomic mass is 10.3. The summed E-state index contributed by atoms with van der Waals surface area (Å²) in [5.74, 6) is -0.241. The van der Waals surface area contributed by atoms with E-state index in [0.29, 0.717) is 0 Å². The Morgan fingerprint density at radius 3 is 2.59 bits per heavy atom. The third-order valence-electron chi connectivity index (χ3n) is 3.07. The molecule has 8 nitrogen and oxygen atoms in total. The maximum absolute atomic E-state index is 12.0. The normalized spacial score (nSPS) is 11.8. The van der Waals surface area contributed by atoms with E-state index in [2.05, 4.69) is 26.4 Å². The zero-order valence-electron chi connectivity index (χ0n) is 12.9. The van der Waals surface area contributed by atoms with E-state index < -0.39 is 6.04 Å². The fraction of sp³-hybridized carbons (Fsp3) is 0.385. The van der Waals surface area contributed by atoms with Crippen molar-refractivity contribution in [2.45, 2.75) is 26.8 Å². The minimum absolute atomic E-state index is 0.241. The van der Waals surface area contributed by atoms with Crippen molar-refractivity contribution < 1.29 is 4.79 Å². The topological polar surface area (TPSA) is 88.8 Å². The maximum atomic E-state index is 12.0. The monoisotopic (exact) mass is 321 g/mol. The van der Waals surface area contributed by atoms with Gasteiger partial charge in [-0.25, -0.2) is 0 Å². The van der Waals surface area contributed by atoms with Crippen LogP contribution in [0.2, 0.25) is 0 Å². The molecule has 22 heavy (non-hydrogen) atoms. The number of carbonyl (C=O) groups is 1. The summed E-state index contributed by atoms with van der Waals surface area (Å²) in [5, 5.41) is 11.6. The molecule has 0 spiro atoms. The number of nitrogens with one attached hydrogen (secondary N) is 3. The third-order valence-corrected chi connectivity index (χ3v) is 3.27. The first-order valence-electron chi connectivity index (χ1n) is 6.74. The van der Waals surface area contributed by atoms with Gasteiger partial charge in [-0.15, -0.1) is 0 Å². The van der Waals surface area contributed by atoms with Crippen LogP contribution in [0.15, 0.2) is 18.6 Å². The molecule has 1 atom stereocenters. The van der Waals surface area contributed by atoms with Crippen LogP contribution < -0.4 is 16.2 Å². The molecule has 2 aromatic heterocycles. The fourth-order valence-electron chi connectivity index (χ4n) is 1.86. The van der Waals surface area contributed by atoms with E-state index in [4.69, 9.17) is 12.2 Å². The molecule has 0 saturated heterocycles. The molecule has 0 aliphatic rings. The molecule has 0 unspecified atom stereocenters. The molecule has 0 aromatic carbocycles. The van der Waals surface area contributed by atoms with E-state index in [1.807, 2.05) is 20.9 Å². The number of hydrazine groups is 1. The Morgan fingerprint density at radius 2 is 2.05 bits per heavy atom. The van der Waals surface area contributed by atoms with Crippen molar-refractivity contribution in [2.75, 3.05) is 5.32 Å². The fourth-order valence-corrected chi connectivity index (χ4v) is 2.02. The van der Waals surface area contributed by atoms with Crippen molar-refractivity contribution in [1.82, 2.24) is 30.4 Å². The van der Waals surface area contributed by atoms with Gasteiger partial charge in [0.25, 0.3) is 5.91 Å². The van der Waals surface area contributed by atoms with Gasteiger partial charge in [-0.05, 0) is 38.6 Å². The minimum Gasteiger partial charge on any atom is -0.329 e. The van der Waals surface area contributed by atoms with Gasteiger partial charge in [-0.1, -0.05) is 0 Å². The predicted molar refractivity (Wildman–Crippen MR) is 87.1 cm³/mol. The van der Waals surface area contributed by atoms with Gasteiger partial charge in [0.2, 0.25) is 0 Å². The lowest BCUT2D eigenvalue weighted by molar-refractivity contribution is -0.124. The molecule has 2 aromatic rings. The van der Waals surface area contributed by atoms with Gasteiger partial charge < -0.3 is 5.32 Å². The summed E-state index contributed by atoms with van der Waals surface area (Å²) in [4.78, 5) is 12.0. The smallest absolute Gasteiger partial charge is 0.262 e. The van der Waals surface area contributed by atoms with E-state index >= 15 is 0 Å². The summed E-state index contributed by atoms with van der Waals surface area (Å²) >= 11 is 5.13. The molecule has 0 radical (unpaired) electrons. The molecular weight excluding hydrogens is 302 g/mol. The highest BCUT2D eigenvalue weighted by Crippen LogP contribution is 2.10. The second-order valence-electron chi connectivity index (χ2n) is 5.04. The minimum atomic E-state index is -0.441. The SMILES string of the molecule is Cc1cnn([C@H](C)C(=O)NNC(=S)Nc2cn(C)nc2C)c1. The number of rotatable bonds is 3. The van der Waals surface area contributed by atoms with E-state index in [1.165, 1.54) is 0 Å². The Labute approximate surface area is 133 Å². The molecular formula is C13H19N7OS. The summed E-state index contributed by atoms with van der Waals surface area (Å²) in [6.07, 6.45) is 5.31. The Bertz CT molecular complexity index is 690. The lowest BCUT2D eigenvalue weighted by Gasteiger charge is -2.15. The molecule has 0 aliphatic carbocycles. The zero-order valence-corrected chi connectivity index (χ0v) is 13.7. The highest BCUT2D eigenvalue weighted by Gasteiger charge is 2.15. The van der Waals surface area contributed by atoms with Crippen LogP contribution >= 0.6 is 12.2 Å². The number of anilines is 1. The number of carbonyl (C=O) groups excluding carboxylic acids is 1.